The third-order valence-electron chi connectivity index (χ3n) is 4.72. The summed E-state index contributed by atoms with van der Waals surface area (Å²) < 4.78 is 30.7. The molecule has 1 N–H and O–H groups in total. The molecule has 0 unspecified atom stereocenters. The highest BCUT2D eigenvalue weighted by Crippen LogP contribution is 2.30. The number of nitrogens with zero attached hydrogens (tertiary/aromatic N) is 1. The predicted molar refractivity (Wildman–Crippen MR) is 110 cm³/mol. The summed E-state index contributed by atoms with van der Waals surface area (Å²) in [5, 5.41) is 2.95. The smallest absolute Gasteiger partial charge is 0.251 e. The van der Waals surface area contributed by atoms with E-state index in [1.807, 2.05) is 38.1 Å². The van der Waals surface area contributed by atoms with Gasteiger partial charge in [0.25, 0.3) is 5.91 Å². The van der Waals surface area contributed by atoms with Crippen molar-refractivity contribution in [2.24, 2.45) is 0 Å². The average molecular weight is 403 g/mol. The zero-order valence-electron chi connectivity index (χ0n) is 16.4. The number of rotatable bonds is 7. The van der Waals surface area contributed by atoms with Crippen molar-refractivity contribution in [3.63, 3.8) is 0 Å². The topological polar surface area (TPSA) is 75.7 Å². The summed E-state index contributed by atoms with van der Waals surface area (Å²) in [6.45, 7) is 5.31. The van der Waals surface area contributed by atoms with Crippen LogP contribution in [-0.2, 0) is 34.3 Å². The number of ether oxygens (including phenoxy) is 1. The fourth-order valence-electron chi connectivity index (χ4n) is 3.26. The maximum absolute atomic E-state index is 12.6. The van der Waals surface area contributed by atoms with Crippen molar-refractivity contribution < 1.29 is 17.9 Å². The van der Waals surface area contributed by atoms with E-state index in [4.69, 9.17) is 4.74 Å². The molecule has 0 spiro atoms. The van der Waals surface area contributed by atoms with Crippen LogP contribution in [0.4, 0.5) is 5.69 Å². The molecule has 28 heavy (non-hydrogen) atoms. The Labute approximate surface area is 166 Å². The van der Waals surface area contributed by atoms with Crippen molar-refractivity contribution in [2.75, 3.05) is 17.1 Å². The number of hydrogen-bond acceptors (Lipinski definition) is 4. The van der Waals surface area contributed by atoms with Crippen molar-refractivity contribution in [2.45, 2.75) is 39.5 Å². The van der Waals surface area contributed by atoms with Crippen LogP contribution in [0.15, 0.2) is 42.5 Å². The molecule has 6 nitrogen and oxygen atoms in total. The Morgan fingerprint density at radius 3 is 2.57 bits per heavy atom. The molecule has 0 aliphatic carbocycles. The highest BCUT2D eigenvalue weighted by Gasteiger charge is 2.26. The Morgan fingerprint density at radius 2 is 1.89 bits per heavy atom. The van der Waals surface area contributed by atoms with Crippen LogP contribution >= 0.6 is 0 Å². The number of hydrogen-bond donors (Lipinski definition) is 1. The van der Waals surface area contributed by atoms with Crippen molar-refractivity contribution in [1.29, 1.82) is 0 Å². The molecule has 0 bridgehead atoms. The van der Waals surface area contributed by atoms with E-state index in [0.717, 1.165) is 16.7 Å². The van der Waals surface area contributed by atoms with Gasteiger partial charge >= 0.3 is 0 Å². The molecule has 0 saturated carbocycles. The molecule has 2 aromatic carbocycles. The van der Waals surface area contributed by atoms with Crippen LogP contribution < -0.4 is 9.62 Å². The van der Waals surface area contributed by atoms with Crippen molar-refractivity contribution in [3.05, 3.63) is 64.7 Å². The second kappa shape index (κ2) is 8.32. The predicted octanol–water partition coefficient (Wildman–Crippen LogP) is 2.86. The molecule has 0 aromatic heterocycles. The zero-order valence-corrected chi connectivity index (χ0v) is 17.3. The molecular formula is C21H26N2O4S. The highest BCUT2D eigenvalue weighted by atomic mass is 32.2. The molecule has 0 atom stereocenters. The first-order valence-electron chi connectivity index (χ1n) is 9.33. The van der Waals surface area contributed by atoms with Gasteiger partial charge < -0.3 is 10.1 Å². The number of carbonyl (C=O) groups is 1. The summed E-state index contributed by atoms with van der Waals surface area (Å²) >= 11 is 0. The molecule has 1 heterocycles. The maximum atomic E-state index is 12.6. The van der Waals surface area contributed by atoms with E-state index >= 15 is 0 Å². The van der Waals surface area contributed by atoms with E-state index in [1.165, 1.54) is 10.6 Å². The lowest BCUT2D eigenvalue weighted by Gasteiger charge is -2.16. The van der Waals surface area contributed by atoms with Gasteiger partial charge in [-0.25, -0.2) is 8.42 Å². The summed E-state index contributed by atoms with van der Waals surface area (Å²) in [6.07, 6.45) is 1.95. The van der Waals surface area contributed by atoms with Gasteiger partial charge in [-0.1, -0.05) is 24.3 Å². The van der Waals surface area contributed by atoms with E-state index in [2.05, 4.69) is 5.32 Å². The van der Waals surface area contributed by atoms with Crippen LogP contribution in [0.1, 0.15) is 40.9 Å². The first-order chi connectivity index (χ1) is 13.3. The minimum Gasteiger partial charge on any atom is -0.374 e. The van der Waals surface area contributed by atoms with E-state index in [9.17, 15) is 13.2 Å². The first-order valence-corrected chi connectivity index (χ1v) is 11.2. The van der Waals surface area contributed by atoms with Gasteiger partial charge in [0.2, 0.25) is 10.0 Å². The van der Waals surface area contributed by atoms with Gasteiger partial charge in [-0.15, -0.1) is 0 Å². The number of fused-ring (bicyclic) bond motifs is 1. The largest absolute Gasteiger partial charge is 0.374 e. The Bertz CT molecular complexity index is 970. The summed E-state index contributed by atoms with van der Waals surface area (Å²) in [5.41, 5.74) is 4.14. The molecule has 3 rings (SSSR count). The van der Waals surface area contributed by atoms with E-state index in [-0.39, 0.29) is 12.0 Å². The molecule has 0 saturated heterocycles. The van der Waals surface area contributed by atoms with Gasteiger partial charge in [-0.2, -0.15) is 0 Å². The quantitative estimate of drug-likeness (QED) is 0.773. The van der Waals surface area contributed by atoms with Crippen molar-refractivity contribution in [3.8, 4) is 0 Å². The number of nitrogens with one attached hydrogen (secondary N) is 1. The summed E-state index contributed by atoms with van der Waals surface area (Å²) in [4.78, 5) is 12.6. The third-order valence-corrected chi connectivity index (χ3v) is 5.90. The van der Waals surface area contributed by atoms with E-state index in [1.54, 1.807) is 18.2 Å². The normalized spacial score (nSPS) is 13.6. The van der Waals surface area contributed by atoms with Gasteiger partial charge in [-0.3, -0.25) is 9.10 Å². The van der Waals surface area contributed by atoms with Crippen LogP contribution in [0.25, 0.3) is 0 Å². The Morgan fingerprint density at radius 1 is 1.18 bits per heavy atom. The Kier molecular flexibility index (Phi) is 6.05. The fourth-order valence-corrected chi connectivity index (χ4v) is 4.22. The molecule has 1 aliphatic heterocycles. The standard InChI is InChI=1S/C21H26N2O4S/c1-15(2)27-14-19-7-5-4-6-18(19)13-22-21(24)17-8-9-20-16(12-17)10-11-23(20)28(3,25)26/h4-9,12,15H,10-11,13-14H2,1-3H3,(H,22,24). The second-order valence-corrected chi connectivity index (χ2v) is 9.15. The molecule has 1 amide bonds. The third kappa shape index (κ3) is 4.72. The second-order valence-electron chi connectivity index (χ2n) is 7.24. The molecule has 7 heteroatoms. The lowest BCUT2D eigenvalue weighted by Crippen LogP contribution is -2.27. The lowest BCUT2D eigenvalue weighted by atomic mass is 10.1. The molecule has 0 fully saturated rings. The monoisotopic (exact) mass is 402 g/mol. The number of benzene rings is 2. The van der Waals surface area contributed by atoms with Gasteiger partial charge in [0, 0.05) is 18.7 Å². The molecule has 0 radical (unpaired) electrons. The first kappa shape index (κ1) is 20.4. The minimum absolute atomic E-state index is 0.139. The van der Waals surface area contributed by atoms with Crippen LogP contribution in [0, 0.1) is 0 Å². The van der Waals surface area contributed by atoms with Crippen LogP contribution in [0.3, 0.4) is 0 Å². The van der Waals surface area contributed by atoms with Gasteiger partial charge in [0.05, 0.1) is 24.7 Å². The maximum Gasteiger partial charge on any atom is 0.251 e. The van der Waals surface area contributed by atoms with Gasteiger partial charge in [0.15, 0.2) is 0 Å². The van der Waals surface area contributed by atoms with Crippen LogP contribution in [-0.4, -0.2) is 33.2 Å². The van der Waals surface area contributed by atoms with Crippen molar-refractivity contribution >= 4 is 21.6 Å². The fraction of sp³-hybridized carbons (Fsp3) is 0.381. The molecule has 1 aliphatic rings. The SMILES string of the molecule is CC(C)OCc1ccccc1CNC(=O)c1ccc2c(c1)CCN2S(C)(=O)=O. The number of anilines is 1. The summed E-state index contributed by atoms with van der Waals surface area (Å²) in [6, 6.07) is 13.0. The molecule has 150 valence electrons. The van der Waals surface area contributed by atoms with E-state index in [0.29, 0.717) is 37.4 Å². The lowest BCUT2D eigenvalue weighted by molar-refractivity contribution is 0.0651. The molecular weight excluding hydrogens is 376 g/mol. The van der Waals surface area contributed by atoms with E-state index < -0.39 is 10.0 Å². The number of sulfonamides is 1. The zero-order chi connectivity index (χ0) is 20.3. The Balaban J connectivity index is 1.69. The average Bonchev–Trinajstić information content (AvgIpc) is 3.08. The highest BCUT2D eigenvalue weighted by molar-refractivity contribution is 7.92. The van der Waals surface area contributed by atoms with Crippen LogP contribution in [0.2, 0.25) is 0 Å². The Hall–Kier alpha value is -2.38. The summed E-state index contributed by atoms with van der Waals surface area (Å²) in [7, 11) is -3.29. The van der Waals surface area contributed by atoms with Gasteiger partial charge in [-0.05, 0) is 55.2 Å². The number of amides is 1. The van der Waals surface area contributed by atoms with Gasteiger partial charge in [0.1, 0.15) is 0 Å². The van der Waals surface area contributed by atoms with Crippen LogP contribution in [0.5, 0.6) is 0 Å². The number of carbonyl (C=O) groups excluding carboxylic acids is 1. The van der Waals surface area contributed by atoms with Crippen molar-refractivity contribution in [1.82, 2.24) is 5.32 Å². The minimum atomic E-state index is -3.29. The molecule has 2 aromatic rings. The summed E-state index contributed by atoms with van der Waals surface area (Å²) in [5.74, 6) is -0.180.